The van der Waals surface area contributed by atoms with Crippen molar-refractivity contribution >= 4 is 27.0 Å². The van der Waals surface area contributed by atoms with E-state index < -0.39 is 0 Å². The lowest BCUT2D eigenvalue weighted by atomic mass is 10.2. The van der Waals surface area contributed by atoms with Crippen LogP contribution in [0.4, 0.5) is 0 Å². The van der Waals surface area contributed by atoms with Crippen molar-refractivity contribution < 1.29 is 4.74 Å². The third-order valence-corrected chi connectivity index (χ3v) is 3.52. The van der Waals surface area contributed by atoms with Crippen LogP contribution in [0.2, 0.25) is 0 Å². The maximum absolute atomic E-state index is 5.78. The van der Waals surface area contributed by atoms with Gasteiger partial charge in [-0.3, -0.25) is 0 Å². The van der Waals surface area contributed by atoms with Gasteiger partial charge in [0, 0.05) is 4.47 Å². The number of para-hydroxylation sites is 2. The Morgan fingerprint density at radius 1 is 0.950 bits per heavy atom. The molecule has 0 radical (unpaired) electrons. The van der Waals surface area contributed by atoms with Crippen molar-refractivity contribution in [1.82, 2.24) is 9.97 Å². The second kappa shape index (κ2) is 5.59. The zero-order chi connectivity index (χ0) is 13.9. The van der Waals surface area contributed by atoms with Gasteiger partial charge in [0.1, 0.15) is 12.3 Å². The lowest BCUT2D eigenvalue weighted by Crippen LogP contribution is -2.01. The van der Waals surface area contributed by atoms with Crippen LogP contribution in [0.1, 0.15) is 11.3 Å². The van der Waals surface area contributed by atoms with Crippen LogP contribution >= 0.6 is 15.9 Å². The smallest absolute Gasteiger partial charge is 0.236 e. The van der Waals surface area contributed by atoms with Gasteiger partial charge in [-0.05, 0) is 36.8 Å². The lowest BCUT2D eigenvalue weighted by molar-refractivity contribution is 0.291. The van der Waals surface area contributed by atoms with E-state index in [1.54, 1.807) is 0 Å². The monoisotopic (exact) mass is 328 g/mol. The van der Waals surface area contributed by atoms with Gasteiger partial charge in [-0.25, -0.2) is 9.97 Å². The zero-order valence-electron chi connectivity index (χ0n) is 11.0. The van der Waals surface area contributed by atoms with E-state index in [2.05, 4.69) is 25.9 Å². The van der Waals surface area contributed by atoms with Crippen LogP contribution in [0.3, 0.4) is 0 Å². The molecule has 3 rings (SSSR count). The van der Waals surface area contributed by atoms with Gasteiger partial charge in [-0.2, -0.15) is 0 Å². The maximum atomic E-state index is 5.78. The van der Waals surface area contributed by atoms with E-state index in [0.717, 1.165) is 26.8 Å². The van der Waals surface area contributed by atoms with Crippen LogP contribution < -0.4 is 4.74 Å². The number of rotatable bonds is 3. The van der Waals surface area contributed by atoms with Crippen LogP contribution in [0.5, 0.6) is 5.88 Å². The van der Waals surface area contributed by atoms with Gasteiger partial charge >= 0.3 is 0 Å². The highest BCUT2D eigenvalue weighted by atomic mass is 79.9. The molecule has 20 heavy (non-hydrogen) atoms. The molecule has 0 saturated heterocycles. The Morgan fingerprint density at radius 2 is 1.60 bits per heavy atom. The van der Waals surface area contributed by atoms with Crippen LogP contribution in [-0.2, 0) is 6.61 Å². The molecule has 0 bridgehead atoms. The molecule has 0 unspecified atom stereocenters. The Morgan fingerprint density at radius 3 is 2.30 bits per heavy atom. The van der Waals surface area contributed by atoms with Crippen LogP contribution in [0.25, 0.3) is 11.0 Å². The molecule has 3 nitrogen and oxygen atoms in total. The average Bonchev–Trinajstić information content (AvgIpc) is 2.47. The van der Waals surface area contributed by atoms with Gasteiger partial charge in [-0.15, -0.1) is 0 Å². The Kier molecular flexibility index (Phi) is 3.65. The standard InChI is InChI=1S/C16H13BrN2O/c1-11-16(19-15-5-3-2-4-14(15)18-11)20-10-12-6-8-13(17)9-7-12/h2-9H,10H2,1H3. The fourth-order valence-corrected chi connectivity index (χ4v) is 2.21. The number of halogens is 1. The van der Waals surface area contributed by atoms with E-state index in [9.17, 15) is 0 Å². The van der Waals surface area contributed by atoms with E-state index in [0.29, 0.717) is 12.5 Å². The highest BCUT2D eigenvalue weighted by Gasteiger charge is 2.06. The highest BCUT2D eigenvalue weighted by Crippen LogP contribution is 2.19. The van der Waals surface area contributed by atoms with Crippen molar-refractivity contribution in [3.63, 3.8) is 0 Å². The van der Waals surface area contributed by atoms with E-state index in [4.69, 9.17) is 4.74 Å². The summed E-state index contributed by atoms with van der Waals surface area (Å²) in [5.74, 6) is 0.589. The molecule has 100 valence electrons. The van der Waals surface area contributed by atoms with Crippen molar-refractivity contribution in [2.45, 2.75) is 13.5 Å². The minimum absolute atomic E-state index is 0.487. The lowest BCUT2D eigenvalue weighted by Gasteiger charge is -2.09. The highest BCUT2D eigenvalue weighted by molar-refractivity contribution is 9.10. The number of ether oxygens (including phenoxy) is 1. The Balaban J connectivity index is 1.83. The molecule has 0 fully saturated rings. The molecule has 0 atom stereocenters. The SMILES string of the molecule is Cc1nc2ccccc2nc1OCc1ccc(Br)cc1. The first-order valence-electron chi connectivity index (χ1n) is 6.33. The molecule has 4 heteroatoms. The molecule has 2 aromatic carbocycles. The topological polar surface area (TPSA) is 35.0 Å². The second-order valence-corrected chi connectivity index (χ2v) is 5.43. The second-order valence-electron chi connectivity index (χ2n) is 4.52. The summed E-state index contributed by atoms with van der Waals surface area (Å²) in [6.07, 6.45) is 0. The summed E-state index contributed by atoms with van der Waals surface area (Å²) in [6.45, 7) is 2.40. The van der Waals surface area contributed by atoms with Crippen molar-refractivity contribution in [2.24, 2.45) is 0 Å². The number of aromatic nitrogens is 2. The third-order valence-electron chi connectivity index (χ3n) is 2.99. The number of fused-ring (bicyclic) bond motifs is 1. The summed E-state index contributed by atoms with van der Waals surface area (Å²) in [7, 11) is 0. The molecule has 0 amide bonds. The largest absolute Gasteiger partial charge is 0.471 e. The maximum Gasteiger partial charge on any atom is 0.236 e. The van der Waals surface area contributed by atoms with Gasteiger partial charge in [0.25, 0.3) is 0 Å². The van der Waals surface area contributed by atoms with E-state index in [1.807, 2.05) is 55.5 Å². The number of benzene rings is 2. The fourth-order valence-electron chi connectivity index (χ4n) is 1.94. The number of hydrogen-bond donors (Lipinski definition) is 0. The van der Waals surface area contributed by atoms with Gasteiger partial charge in [0.15, 0.2) is 0 Å². The van der Waals surface area contributed by atoms with Gasteiger partial charge in [-0.1, -0.05) is 40.2 Å². The zero-order valence-corrected chi connectivity index (χ0v) is 12.6. The van der Waals surface area contributed by atoms with Crippen LogP contribution in [-0.4, -0.2) is 9.97 Å². The van der Waals surface area contributed by atoms with Gasteiger partial charge < -0.3 is 4.74 Å². The minimum atomic E-state index is 0.487. The first-order chi connectivity index (χ1) is 9.72. The molecule has 0 N–H and O–H groups in total. The number of aryl methyl sites for hydroxylation is 1. The quantitative estimate of drug-likeness (QED) is 0.719. The average molecular weight is 329 g/mol. The third kappa shape index (κ3) is 2.80. The molecule has 0 spiro atoms. The number of hydrogen-bond acceptors (Lipinski definition) is 3. The van der Waals surface area contributed by atoms with Crippen LogP contribution in [0.15, 0.2) is 53.0 Å². The van der Waals surface area contributed by atoms with Crippen LogP contribution in [0, 0.1) is 6.92 Å². The molecule has 0 aliphatic rings. The van der Waals surface area contributed by atoms with Crippen molar-refractivity contribution in [3.05, 3.63) is 64.3 Å². The van der Waals surface area contributed by atoms with Gasteiger partial charge in [0.05, 0.1) is 11.0 Å². The summed E-state index contributed by atoms with van der Waals surface area (Å²) < 4.78 is 6.84. The molecule has 3 aromatic rings. The Bertz CT molecular complexity index is 741. The molecular formula is C16H13BrN2O. The molecule has 0 aliphatic carbocycles. The summed E-state index contributed by atoms with van der Waals surface area (Å²) in [5.41, 5.74) is 3.65. The molecule has 1 heterocycles. The predicted molar refractivity (Wildman–Crippen MR) is 82.7 cm³/mol. The van der Waals surface area contributed by atoms with E-state index in [-0.39, 0.29) is 0 Å². The van der Waals surface area contributed by atoms with Gasteiger partial charge in [0.2, 0.25) is 5.88 Å². The fraction of sp³-hybridized carbons (Fsp3) is 0.125. The van der Waals surface area contributed by atoms with E-state index >= 15 is 0 Å². The predicted octanol–water partition coefficient (Wildman–Crippen LogP) is 4.28. The molecule has 0 saturated carbocycles. The van der Waals surface area contributed by atoms with Crippen molar-refractivity contribution in [1.29, 1.82) is 0 Å². The Labute approximate surface area is 125 Å². The molecule has 0 aliphatic heterocycles. The Hall–Kier alpha value is -1.94. The minimum Gasteiger partial charge on any atom is -0.471 e. The summed E-state index contributed by atoms with van der Waals surface area (Å²) in [6, 6.07) is 15.8. The van der Waals surface area contributed by atoms with Crippen molar-refractivity contribution in [2.75, 3.05) is 0 Å². The molecular weight excluding hydrogens is 316 g/mol. The summed E-state index contributed by atoms with van der Waals surface area (Å²) in [4.78, 5) is 9.02. The normalized spacial score (nSPS) is 10.7. The van der Waals surface area contributed by atoms with E-state index in [1.165, 1.54) is 0 Å². The molecule has 1 aromatic heterocycles. The summed E-state index contributed by atoms with van der Waals surface area (Å²) >= 11 is 3.42. The van der Waals surface area contributed by atoms with Crippen molar-refractivity contribution in [3.8, 4) is 5.88 Å². The summed E-state index contributed by atoms with van der Waals surface area (Å²) in [5, 5.41) is 0. The number of nitrogens with zero attached hydrogens (tertiary/aromatic N) is 2. The first kappa shape index (κ1) is 13.1. The first-order valence-corrected chi connectivity index (χ1v) is 7.12.